The molecule has 0 heterocycles. The maximum atomic E-state index is 12.7. The first-order valence-corrected chi connectivity index (χ1v) is 25.4. The molecule has 9 nitrogen and oxygen atoms in total. The smallest absolute Gasteiger partial charge is 0.306 e. The molecule has 348 valence electrons. The van der Waals surface area contributed by atoms with Gasteiger partial charge in [-0.15, -0.1) is 6.58 Å². The average Bonchev–Trinajstić information content (AvgIpc) is 3.20. The molecular weight excluding hydrogens is 774 g/mol. The molecule has 0 spiro atoms. The van der Waals surface area contributed by atoms with Crippen LogP contribution in [0.1, 0.15) is 193 Å². The molecule has 0 aliphatic rings. The zero-order valence-corrected chi connectivity index (χ0v) is 39.9. The van der Waals surface area contributed by atoms with Crippen molar-refractivity contribution in [2.45, 2.75) is 199 Å². The van der Waals surface area contributed by atoms with E-state index in [4.69, 9.17) is 18.5 Å². The minimum absolute atomic E-state index is 0.0433. The lowest BCUT2D eigenvalue weighted by atomic mass is 10.0. The number of rotatable bonds is 44. The number of hydrogen-bond donors (Lipinski definition) is 0. The van der Waals surface area contributed by atoms with Gasteiger partial charge in [-0.2, -0.15) is 0 Å². The Bertz CT molecular complexity index is 1190. The van der Waals surface area contributed by atoms with E-state index in [2.05, 4.69) is 56.0 Å². The van der Waals surface area contributed by atoms with Gasteiger partial charge in [-0.3, -0.25) is 14.2 Å². The highest BCUT2D eigenvalue weighted by Crippen LogP contribution is 2.38. The van der Waals surface area contributed by atoms with Crippen molar-refractivity contribution < 1.29 is 42.1 Å². The van der Waals surface area contributed by atoms with Gasteiger partial charge in [-0.1, -0.05) is 171 Å². The number of likely N-dealkylation sites (N-methyl/N-ethyl adjacent to an activating group) is 1. The molecule has 0 aromatic rings. The molecule has 0 saturated carbocycles. The molecule has 0 rings (SSSR count). The number of phosphoric ester groups is 1. The van der Waals surface area contributed by atoms with Gasteiger partial charge in [0.15, 0.2) is 6.10 Å². The predicted molar refractivity (Wildman–Crippen MR) is 250 cm³/mol. The molecule has 0 aliphatic heterocycles. The van der Waals surface area contributed by atoms with E-state index in [0.717, 1.165) is 44.9 Å². The van der Waals surface area contributed by atoms with Gasteiger partial charge in [0.25, 0.3) is 7.82 Å². The van der Waals surface area contributed by atoms with Crippen molar-refractivity contribution in [1.29, 1.82) is 0 Å². The number of unbranched alkanes of at least 4 members (excludes halogenated alkanes) is 21. The molecule has 0 saturated heterocycles. The highest BCUT2D eigenvalue weighted by atomic mass is 31.2. The normalized spacial score (nSPS) is 13.8. The molecule has 1 unspecified atom stereocenters. The van der Waals surface area contributed by atoms with Gasteiger partial charge in [0.1, 0.15) is 19.8 Å². The summed E-state index contributed by atoms with van der Waals surface area (Å²) in [6, 6.07) is 0. The first kappa shape index (κ1) is 57.7. The van der Waals surface area contributed by atoms with Gasteiger partial charge in [0.2, 0.25) is 0 Å². The third-order valence-electron chi connectivity index (χ3n) is 10.2. The molecule has 10 heteroatoms. The van der Waals surface area contributed by atoms with Crippen LogP contribution < -0.4 is 4.89 Å². The van der Waals surface area contributed by atoms with Crippen LogP contribution in [-0.4, -0.2) is 70.0 Å². The number of ether oxygens (including phenoxy) is 2. The summed E-state index contributed by atoms with van der Waals surface area (Å²) >= 11 is 0. The number of quaternary nitrogens is 1. The van der Waals surface area contributed by atoms with E-state index in [1.165, 1.54) is 116 Å². The largest absolute Gasteiger partial charge is 0.756 e. The van der Waals surface area contributed by atoms with Crippen molar-refractivity contribution in [2.24, 2.45) is 0 Å². The Balaban J connectivity index is 4.40. The lowest BCUT2D eigenvalue weighted by molar-refractivity contribution is -0.870. The lowest BCUT2D eigenvalue weighted by Crippen LogP contribution is -2.37. The number of hydrogen-bond acceptors (Lipinski definition) is 8. The van der Waals surface area contributed by atoms with Crippen LogP contribution in [0.3, 0.4) is 0 Å². The van der Waals surface area contributed by atoms with Crippen molar-refractivity contribution in [3.63, 3.8) is 0 Å². The zero-order valence-electron chi connectivity index (χ0n) is 39.0. The second-order valence-corrected chi connectivity index (χ2v) is 18.6. The van der Waals surface area contributed by atoms with Gasteiger partial charge in [-0.05, 0) is 64.2 Å². The Labute approximate surface area is 368 Å². The third kappa shape index (κ3) is 45.2. The monoisotopic (exact) mass is 864 g/mol. The number of phosphoric acid groups is 1. The van der Waals surface area contributed by atoms with Crippen molar-refractivity contribution in [3.8, 4) is 0 Å². The minimum atomic E-state index is -4.64. The van der Waals surface area contributed by atoms with Gasteiger partial charge in [0, 0.05) is 12.8 Å². The predicted octanol–water partition coefficient (Wildman–Crippen LogP) is 13.4. The van der Waals surface area contributed by atoms with Gasteiger partial charge >= 0.3 is 11.9 Å². The number of carbonyl (C=O) groups is 2. The summed E-state index contributed by atoms with van der Waals surface area (Å²) in [5, 5.41) is 0. The summed E-state index contributed by atoms with van der Waals surface area (Å²) < 4.78 is 33.9. The summed E-state index contributed by atoms with van der Waals surface area (Å²) in [6.07, 6.45) is 50.1. The summed E-state index contributed by atoms with van der Waals surface area (Å²) in [4.78, 5) is 37.6. The fraction of sp³-hybridized carbons (Fsp3) is 0.760. The molecule has 0 bridgehead atoms. The van der Waals surface area contributed by atoms with Crippen LogP contribution >= 0.6 is 7.82 Å². The van der Waals surface area contributed by atoms with Gasteiger partial charge in [0.05, 0.1) is 27.7 Å². The molecule has 0 radical (unpaired) electrons. The van der Waals surface area contributed by atoms with Crippen LogP contribution in [0.15, 0.2) is 61.3 Å². The molecule has 60 heavy (non-hydrogen) atoms. The van der Waals surface area contributed by atoms with E-state index >= 15 is 0 Å². The second kappa shape index (κ2) is 42.0. The van der Waals surface area contributed by atoms with E-state index in [1.54, 1.807) is 0 Å². The Morgan fingerprint density at radius 3 is 1.50 bits per heavy atom. The lowest BCUT2D eigenvalue weighted by Gasteiger charge is -2.28. The first-order valence-electron chi connectivity index (χ1n) is 24.0. The van der Waals surface area contributed by atoms with Crippen molar-refractivity contribution >= 4 is 19.8 Å². The fourth-order valence-electron chi connectivity index (χ4n) is 6.39. The van der Waals surface area contributed by atoms with E-state index in [-0.39, 0.29) is 26.1 Å². The first-order chi connectivity index (χ1) is 29.0. The molecular formula is C50H90NO8P. The van der Waals surface area contributed by atoms with Crippen LogP contribution in [0.2, 0.25) is 0 Å². The molecule has 2 atom stereocenters. The Hall–Kier alpha value is -2.29. The Morgan fingerprint density at radius 1 is 0.567 bits per heavy atom. The zero-order chi connectivity index (χ0) is 44.3. The SMILES string of the molecule is C=CCCCCCCCCCCCCCCCC(=O)OC[C@H](COP(=O)([O-])OCC[N+](C)(C)C)OC(=O)CCC/C=C/C/C=C/C/C=C/C/C=C/CCCCCCCCC. The Morgan fingerprint density at radius 2 is 1.00 bits per heavy atom. The highest BCUT2D eigenvalue weighted by Gasteiger charge is 2.21. The molecule has 0 aromatic heterocycles. The van der Waals surface area contributed by atoms with E-state index in [0.29, 0.717) is 23.9 Å². The van der Waals surface area contributed by atoms with Crippen LogP contribution in [0.4, 0.5) is 0 Å². The topological polar surface area (TPSA) is 111 Å². The van der Waals surface area contributed by atoms with E-state index in [1.807, 2.05) is 33.3 Å². The molecule has 0 aliphatic carbocycles. The minimum Gasteiger partial charge on any atom is -0.756 e. The highest BCUT2D eigenvalue weighted by molar-refractivity contribution is 7.45. The maximum absolute atomic E-state index is 12.7. The number of esters is 2. The summed E-state index contributed by atoms with van der Waals surface area (Å²) in [5.41, 5.74) is 0. The fourth-order valence-corrected chi connectivity index (χ4v) is 7.12. The third-order valence-corrected chi connectivity index (χ3v) is 11.1. The van der Waals surface area contributed by atoms with Gasteiger partial charge < -0.3 is 27.9 Å². The molecule has 0 N–H and O–H groups in total. The number of allylic oxidation sites excluding steroid dienone is 9. The summed E-state index contributed by atoms with van der Waals surface area (Å²) in [7, 11) is 1.12. The quantitative estimate of drug-likeness (QED) is 0.0196. The van der Waals surface area contributed by atoms with Crippen LogP contribution in [-0.2, 0) is 32.7 Å². The average molecular weight is 864 g/mol. The molecule has 0 fully saturated rings. The number of nitrogens with zero attached hydrogens (tertiary/aromatic N) is 1. The second-order valence-electron chi connectivity index (χ2n) is 17.2. The maximum Gasteiger partial charge on any atom is 0.306 e. The van der Waals surface area contributed by atoms with Crippen LogP contribution in [0.25, 0.3) is 0 Å². The van der Waals surface area contributed by atoms with Crippen molar-refractivity contribution in [2.75, 3.05) is 47.5 Å². The van der Waals surface area contributed by atoms with Crippen molar-refractivity contribution in [3.05, 3.63) is 61.3 Å². The van der Waals surface area contributed by atoms with Crippen molar-refractivity contribution in [1.82, 2.24) is 0 Å². The van der Waals surface area contributed by atoms with Crippen LogP contribution in [0.5, 0.6) is 0 Å². The van der Waals surface area contributed by atoms with E-state index in [9.17, 15) is 19.0 Å². The van der Waals surface area contributed by atoms with Crippen LogP contribution in [0, 0.1) is 0 Å². The van der Waals surface area contributed by atoms with Gasteiger partial charge in [-0.25, -0.2) is 0 Å². The summed E-state index contributed by atoms with van der Waals surface area (Å²) in [5.74, 6) is -0.903. The van der Waals surface area contributed by atoms with E-state index < -0.39 is 32.5 Å². The Kier molecular flexibility index (Phi) is 40.4. The molecule has 0 amide bonds. The number of carbonyl (C=O) groups excluding carboxylic acids is 2. The standard InChI is InChI=1S/C50H90NO8P/c1-6-8-10-12-14-16-18-20-22-23-24-25-26-27-29-31-33-35-37-39-41-43-50(53)59-48(47-58-60(54,55)57-45-44-51(3,4)5)46-56-49(52)42-40-38-36-34-32-30-28-21-19-17-15-13-11-9-7-2/h7,22-23,25-26,29,31,35,37,48H,2,6,8-21,24,27-28,30,32-34,36,38-47H2,1,3-5H3/b23-22+,26-25+,31-29+,37-35+/t48-/m1/s1. The summed E-state index contributed by atoms with van der Waals surface area (Å²) in [6.45, 7) is 5.69. The molecule has 0 aromatic carbocycles.